The van der Waals surface area contributed by atoms with Crippen LogP contribution in [0.2, 0.25) is 0 Å². The van der Waals surface area contributed by atoms with Gasteiger partial charge in [-0.2, -0.15) is 16.7 Å². The van der Waals surface area contributed by atoms with Gasteiger partial charge >= 0.3 is 5.97 Å². The van der Waals surface area contributed by atoms with E-state index in [0.717, 1.165) is 29.7 Å². The molecule has 0 bridgehead atoms. The van der Waals surface area contributed by atoms with Crippen molar-refractivity contribution in [2.24, 2.45) is 0 Å². The summed E-state index contributed by atoms with van der Waals surface area (Å²) in [4.78, 5) is 25.6. The Kier molecular flexibility index (Phi) is 4.11. The molecule has 92 valence electrons. The number of hydrogen-bond donors (Lipinski definition) is 1. The first-order valence-corrected chi connectivity index (χ1v) is 7.32. The number of carboxylic acids is 1. The fraction of sp³-hybridized carbons (Fsp3) is 0.500. The molecule has 1 saturated heterocycles. The number of aliphatic carboxylic acids is 1. The van der Waals surface area contributed by atoms with Crippen LogP contribution >= 0.6 is 23.5 Å². The summed E-state index contributed by atoms with van der Waals surface area (Å²) in [6.07, 6.45) is 2.76. The van der Waals surface area contributed by atoms with Crippen LogP contribution in [0.1, 0.15) is 12.5 Å². The standard InChI is InChI=1S/C10H12N2O3S2/c13-8-1-3-12(7-2-4-16-5-7)10(11-8)17-6-9(14)15/h1,3,7H,2,4-6H2,(H,14,15). The number of thioether (sulfide) groups is 2. The molecule has 1 N–H and O–H groups in total. The number of hydrogen-bond acceptors (Lipinski definition) is 5. The first kappa shape index (κ1) is 12.5. The number of aromatic nitrogens is 2. The molecule has 7 heteroatoms. The molecule has 1 aromatic rings. The first-order valence-electron chi connectivity index (χ1n) is 5.18. The fourth-order valence-electron chi connectivity index (χ4n) is 1.65. The second kappa shape index (κ2) is 5.59. The van der Waals surface area contributed by atoms with Gasteiger partial charge in [0.2, 0.25) is 0 Å². The third-order valence-electron chi connectivity index (χ3n) is 2.43. The molecule has 0 saturated carbocycles. The first-order chi connectivity index (χ1) is 8.16. The molecule has 1 aromatic heterocycles. The Bertz CT molecular complexity index is 469. The Morgan fingerprint density at radius 1 is 1.71 bits per heavy atom. The molecule has 5 nitrogen and oxygen atoms in total. The van der Waals surface area contributed by atoms with Crippen LogP contribution in [-0.4, -0.2) is 37.9 Å². The summed E-state index contributed by atoms with van der Waals surface area (Å²) in [6.45, 7) is 0. The molecule has 0 radical (unpaired) electrons. The topological polar surface area (TPSA) is 72.2 Å². The van der Waals surface area contributed by atoms with Crippen LogP contribution in [0.4, 0.5) is 0 Å². The number of nitrogens with zero attached hydrogens (tertiary/aromatic N) is 2. The van der Waals surface area contributed by atoms with E-state index >= 15 is 0 Å². The normalized spacial score (nSPS) is 19.4. The zero-order valence-electron chi connectivity index (χ0n) is 9.04. The largest absolute Gasteiger partial charge is 0.481 e. The van der Waals surface area contributed by atoms with Crippen LogP contribution in [-0.2, 0) is 4.79 Å². The van der Waals surface area contributed by atoms with Crippen LogP contribution in [0.15, 0.2) is 22.2 Å². The molecule has 17 heavy (non-hydrogen) atoms. The molecule has 1 aliphatic heterocycles. The zero-order valence-corrected chi connectivity index (χ0v) is 10.7. The Labute approximate surface area is 107 Å². The Morgan fingerprint density at radius 2 is 2.53 bits per heavy atom. The minimum atomic E-state index is -0.902. The van der Waals surface area contributed by atoms with Crippen molar-refractivity contribution in [1.29, 1.82) is 0 Å². The molecule has 0 aromatic carbocycles. The minimum Gasteiger partial charge on any atom is -0.481 e. The number of rotatable bonds is 4. The zero-order chi connectivity index (χ0) is 12.3. The lowest BCUT2D eigenvalue weighted by molar-refractivity contribution is -0.133. The van der Waals surface area contributed by atoms with Gasteiger partial charge in [-0.25, -0.2) is 0 Å². The Hall–Kier alpha value is -0.950. The van der Waals surface area contributed by atoms with Crippen molar-refractivity contribution in [3.05, 3.63) is 22.6 Å². The van der Waals surface area contributed by atoms with Gasteiger partial charge in [-0.1, -0.05) is 11.8 Å². The predicted octanol–water partition coefficient (Wildman–Crippen LogP) is 1.10. The van der Waals surface area contributed by atoms with E-state index in [1.54, 1.807) is 6.20 Å². The smallest absolute Gasteiger partial charge is 0.313 e. The van der Waals surface area contributed by atoms with Gasteiger partial charge < -0.3 is 9.67 Å². The molecule has 0 spiro atoms. The molecule has 1 atom stereocenters. The van der Waals surface area contributed by atoms with E-state index in [9.17, 15) is 9.59 Å². The summed E-state index contributed by atoms with van der Waals surface area (Å²) in [7, 11) is 0. The summed E-state index contributed by atoms with van der Waals surface area (Å²) in [6, 6.07) is 1.75. The van der Waals surface area contributed by atoms with Crippen LogP contribution in [0.5, 0.6) is 0 Å². The van der Waals surface area contributed by atoms with Gasteiger partial charge in [0.1, 0.15) is 0 Å². The van der Waals surface area contributed by atoms with Gasteiger partial charge in [-0.3, -0.25) is 9.59 Å². The van der Waals surface area contributed by atoms with Crippen molar-refractivity contribution in [2.75, 3.05) is 17.3 Å². The van der Waals surface area contributed by atoms with Gasteiger partial charge in [-0.05, 0) is 12.2 Å². The third kappa shape index (κ3) is 3.26. The minimum absolute atomic E-state index is 0.0731. The fourth-order valence-corrected chi connectivity index (χ4v) is 3.62. The Morgan fingerprint density at radius 3 is 3.18 bits per heavy atom. The predicted molar refractivity (Wildman–Crippen MR) is 67.8 cm³/mol. The lowest BCUT2D eigenvalue weighted by Crippen LogP contribution is -2.18. The second-order valence-electron chi connectivity index (χ2n) is 3.66. The molecular weight excluding hydrogens is 260 g/mol. The molecule has 1 unspecified atom stereocenters. The highest BCUT2D eigenvalue weighted by Gasteiger charge is 2.20. The van der Waals surface area contributed by atoms with Crippen LogP contribution in [0.3, 0.4) is 0 Å². The molecule has 0 aliphatic carbocycles. The van der Waals surface area contributed by atoms with E-state index in [-0.39, 0.29) is 11.3 Å². The molecule has 1 aliphatic rings. The summed E-state index contributed by atoms with van der Waals surface area (Å²) in [5, 5.41) is 9.17. The van der Waals surface area contributed by atoms with Crippen LogP contribution < -0.4 is 5.56 Å². The number of carboxylic acid groups (broad SMARTS) is 1. The highest BCUT2D eigenvalue weighted by Crippen LogP contribution is 2.30. The molecule has 1 fully saturated rings. The highest BCUT2D eigenvalue weighted by molar-refractivity contribution is 8.00. The van der Waals surface area contributed by atoms with Crippen molar-refractivity contribution < 1.29 is 9.90 Å². The van der Waals surface area contributed by atoms with Crippen molar-refractivity contribution in [2.45, 2.75) is 17.6 Å². The van der Waals surface area contributed by atoms with Crippen molar-refractivity contribution in [3.63, 3.8) is 0 Å². The van der Waals surface area contributed by atoms with E-state index in [1.165, 1.54) is 6.07 Å². The lowest BCUT2D eigenvalue weighted by Gasteiger charge is -2.16. The summed E-state index contributed by atoms with van der Waals surface area (Å²) < 4.78 is 1.93. The molecule has 2 rings (SSSR count). The van der Waals surface area contributed by atoms with E-state index < -0.39 is 5.97 Å². The summed E-state index contributed by atoms with van der Waals surface area (Å²) in [5.41, 5.74) is -0.320. The second-order valence-corrected chi connectivity index (χ2v) is 5.75. The maximum absolute atomic E-state index is 11.2. The van der Waals surface area contributed by atoms with Gasteiger partial charge in [0.25, 0.3) is 5.56 Å². The molecular formula is C10H12N2O3S2. The number of carbonyl (C=O) groups is 1. The Balaban J connectivity index is 2.23. The lowest BCUT2D eigenvalue weighted by atomic mass is 10.2. The highest BCUT2D eigenvalue weighted by atomic mass is 32.2. The van der Waals surface area contributed by atoms with E-state index in [4.69, 9.17) is 5.11 Å². The van der Waals surface area contributed by atoms with Crippen LogP contribution in [0.25, 0.3) is 0 Å². The maximum Gasteiger partial charge on any atom is 0.313 e. The quantitative estimate of drug-likeness (QED) is 0.653. The van der Waals surface area contributed by atoms with E-state index in [1.807, 2.05) is 16.3 Å². The van der Waals surface area contributed by atoms with Gasteiger partial charge in [0, 0.05) is 24.1 Å². The van der Waals surface area contributed by atoms with E-state index in [2.05, 4.69) is 4.98 Å². The van der Waals surface area contributed by atoms with Gasteiger partial charge in [0.05, 0.1) is 5.75 Å². The van der Waals surface area contributed by atoms with Crippen molar-refractivity contribution in [3.8, 4) is 0 Å². The maximum atomic E-state index is 11.2. The molecule has 2 heterocycles. The van der Waals surface area contributed by atoms with Crippen molar-refractivity contribution >= 4 is 29.5 Å². The van der Waals surface area contributed by atoms with Crippen molar-refractivity contribution in [1.82, 2.24) is 9.55 Å². The van der Waals surface area contributed by atoms with Crippen LogP contribution in [0, 0.1) is 0 Å². The average Bonchev–Trinajstić information content (AvgIpc) is 2.80. The summed E-state index contributed by atoms with van der Waals surface area (Å²) in [5.74, 6) is 1.11. The van der Waals surface area contributed by atoms with E-state index in [0.29, 0.717) is 11.2 Å². The molecule has 0 amide bonds. The monoisotopic (exact) mass is 272 g/mol. The third-order valence-corrected chi connectivity index (χ3v) is 4.52. The average molecular weight is 272 g/mol. The van der Waals surface area contributed by atoms with Gasteiger partial charge in [-0.15, -0.1) is 0 Å². The summed E-state index contributed by atoms with van der Waals surface area (Å²) >= 11 is 2.96. The van der Waals surface area contributed by atoms with Gasteiger partial charge in [0.15, 0.2) is 5.16 Å². The SMILES string of the molecule is O=C(O)CSc1nc(=O)ccn1C1CCSC1.